The Hall–Kier alpha value is -0.860. The van der Waals surface area contributed by atoms with Gasteiger partial charge in [0.15, 0.2) is 0 Å². The van der Waals surface area contributed by atoms with Crippen molar-refractivity contribution in [2.75, 3.05) is 26.2 Å². The molecule has 0 heterocycles. The Bertz CT molecular complexity index is 385. The van der Waals surface area contributed by atoms with Gasteiger partial charge < -0.3 is 10.2 Å². The Labute approximate surface area is 118 Å². The highest BCUT2D eigenvalue weighted by atomic mass is 15.1. The van der Waals surface area contributed by atoms with Crippen LogP contribution >= 0.6 is 0 Å². The highest BCUT2D eigenvalue weighted by Crippen LogP contribution is 2.36. The summed E-state index contributed by atoms with van der Waals surface area (Å²) in [5.41, 5.74) is 3.08. The first-order valence-corrected chi connectivity index (χ1v) is 7.80. The first kappa shape index (κ1) is 14.5. The Balaban J connectivity index is 1.93. The zero-order chi connectivity index (χ0) is 13.7. The van der Waals surface area contributed by atoms with Crippen molar-refractivity contribution in [3.8, 4) is 0 Å². The van der Waals surface area contributed by atoms with Crippen molar-refractivity contribution in [2.45, 2.75) is 45.6 Å². The molecule has 0 aromatic heterocycles. The second kappa shape index (κ2) is 7.06. The van der Waals surface area contributed by atoms with Crippen LogP contribution in [0.15, 0.2) is 24.3 Å². The van der Waals surface area contributed by atoms with Gasteiger partial charge in [0.25, 0.3) is 0 Å². The van der Waals surface area contributed by atoms with E-state index in [0.717, 1.165) is 32.1 Å². The minimum absolute atomic E-state index is 0.558. The molecule has 2 heteroatoms. The van der Waals surface area contributed by atoms with Crippen LogP contribution < -0.4 is 5.32 Å². The van der Waals surface area contributed by atoms with Gasteiger partial charge in [-0.1, -0.05) is 45.0 Å². The summed E-state index contributed by atoms with van der Waals surface area (Å²) >= 11 is 0. The van der Waals surface area contributed by atoms with Crippen LogP contribution in [0.1, 0.15) is 56.7 Å². The summed E-state index contributed by atoms with van der Waals surface area (Å²) in [6.07, 6.45) is 2.58. The maximum Gasteiger partial charge on any atom is 0.0323 e. The zero-order valence-corrected chi connectivity index (χ0v) is 12.7. The monoisotopic (exact) mass is 260 g/mol. The van der Waals surface area contributed by atoms with Crippen LogP contribution in [0, 0.1) is 0 Å². The molecule has 0 spiro atoms. The molecule has 19 heavy (non-hydrogen) atoms. The summed E-state index contributed by atoms with van der Waals surface area (Å²) in [7, 11) is 0. The Morgan fingerprint density at radius 1 is 1.11 bits per heavy atom. The van der Waals surface area contributed by atoms with Crippen LogP contribution in [0.25, 0.3) is 0 Å². The van der Waals surface area contributed by atoms with Gasteiger partial charge >= 0.3 is 0 Å². The van der Waals surface area contributed by atoms with E-state index in [9.17, 15) is 0 Å². The minimum atomic E-state index is 0.558. The van der Waals surface area contributed by atoms with Gasteiger partial charge in [-0.3, -0.25) is 0 Å². The average Bonchev–Trinajstić information content (AvgIpc) is 2.46. The summed E-state index contributed by atoms with van der Waals surface area (Å²) in [5, 5.41) is 3.76. The fourth-order valence-corrected chi connectivity index (χ4v) is 3.15. The number of hydrogen-bond acceptors (Lipinski definition) is 2. The molecule has 0 bridgehead atoms. The first-order chi connectivity index (χ1) is 9.26. The van der Waals surface area contributed by atoms with Gasteiger partial charge in [0.2, 0.25) is 0 Å². The van der Waals surface area contributed by atoms with Gasteiger partial charge in [-0.15, -0.1) is 0 Å². The lowest BCUT2D eigenvalue weighted by Gasteiger charge is -2.31. The third-order valence-electron chi connectivity index (χ3n) is 4.50. The summed E-state index contributed by atoms with van der Waals surface area (Å²) in [4.78, 5) is 2.48. The van der Waals surface area contributed by atoms with Crippen LogP contribution in [-0.4, -0.2) is 31.1 Å². The summed E-state index contributed by atoms with van der Waals surface area (Å²) in [6.45, 7) is 11.4. The number of nitrogens with one attached hydrogen (secondary N) is 1. The van der Waals surface area contributed by atoms with E-state index in [1.807, 2.05) is 0 Å². The second-order valence-corrected chi connectivity index (χ2v) is 5.64. The molecule has 1 N–H and O–H groups in total. The normalized spacial score (nSPS) is 22.5. The van der Waals surface area contributed by atoms with Crippen molar-refractivity contribution < 1.29 is 0 Å². The number of benzene rings is 1. The third kappa shape index (κ3) is 3.58. The van der Waals surface area contributed by atoms with E-state index in [-0.39, 0.29) is 0 Å². The molecule has 1 aliphatic carbocycles. The lowest BCUT2D eigenvalue weighted by atomic mass is 9.81. The van der Waals surface area contributed by atoms with Gasteiger partial charge in [0.05, 0.1) is 0 Å². The molecule has 0 aliphatic heterocycles. The summed E-state index contributed by atoms with van der Waals surface area (Å²) < 4.78 is 0. The fraction of sp³-hybridized carbons (Fsp3) is 0.647. The summed E-state index contributed by atoms with van der Waals surface area (Å²) in [6, 6.07) is 9.52. The largest absolute Gasteiger partial charge is 0.309 e. The quantitative estimate of drug-likeness (QED) is 0.841. The molecule has 106 valence electrons. The molecule has 0 saturated carbocycles. The van der Waals surface area contributed by atoms with E-state index in [4.69, 9.17) is 0 Å². The molecule has 1 aliphatic rings. The molecular formula is C17H28N2. The lowest BCUT2D eigenvalue weighted by Crippen LogP contribution is -2.35. The van der Waals surface area contributed by atoms with Gasteiger partial charge in [0, 0.05) is 19.1 Å². The van der Waals surface area contributed by atoms with E-state index in [0.29, 0.717) is 6.04 Å². The van der Waals surface area contributed by atoms with Crippen molar-refractivity contribution >= 4 is 0 Å². The summed E-state index contributed by atoms with van der Waals surface area (Å²) in [5.74, 6) is 0.719. The van der Waals surface area contributed by atoms with Crippen LogP contribution in [0.4, 0.5) is 0 Å². The topological polar surface area (TPSA) is 15.3 Å². The van der Waals surface area contributed by atoms with E-state index in [1.54, 1.807) is 5.56 Å². The molecule has 0 saturated heterocycles. The van der Waals surface area contributed by atoms with Crippen molar-refractivity contribution in [2.24, 2.45) is 0 Å². The van der Waals surface area contributed by atoms with Gasteiger partial charge in [-0.25, -0.2) is 0 Å². The Kier molecular flexibility index (Phi) is 5.41. The maximum atomic E-state index is 3.76. The molecule has 2 nitrogen and oxygen atoms in total. The standard InChI is InChI=1S/C17H28N2/c1-4-19(5-2)13-12-18-17-11-10-14(3)15-8-6-7-9-16(15)17/h6-9,14,17-18H,4-5,10-13H2,1-3H3. The predicted octanol–water partition coefficient (Wildman–Crippen LogP) is 3.56. The Morgan fingerprint density at radius 2 is 1.79 bits per heavy atom. The predicted molar refractivity (Wildman–Crippen MR) is 82.6 cm³/mol. The number of nitrogens with zero attached hydrogens (tertiary/aromatic N) is 1. The second-order valence-electron chi connectivity index (χ2n) is 5.64. The SMILES string of the molecule is CCN(CC)CCNC1CCC(C)c2ccccc21. The minimum Gasteiger partial charge on any atom is -0.309 e. The molecule has 0 fully saturated rings. The number of fused-ring (bicyclic) bond motifs is 1. The zero-order valence-electron chi connectivity index (χ0n) is 12.7. The van der Waals surface area contributed by atoms with Crippen LogP contribution in [0.5, 0.6) is 0 Å². The van der Waals surface area contributed by atoms with Crippen molar-refractivity contribution in [3.63, 3.8) is 0 Å². The van der Waals surface area contributed by atoms with Crippen LogP contribution in [0.2, 0.25) is 0 Å². The van der Waals surface area contributed by atoms with Gasteiger partial charge in [-0.2, -0.15) is 0 Å². The van der Waals surface area contributed by atoms with Crippen molar-refractivity contribution in [1.29, 1.82) is 0 Å². The van der Waals surface area contributed by atoms with E-state index < -0.39 is 0 Å². The molecule has 1 aromatic rings. The fourth-order valence-electron chi connectivity index (χ4n) is 3.15. The Morgan fingerprint density at radius 3 is 2.47 bits per heavy atom. The molecule has 2 rings (SSSR count). The van der Waals surface area contributed by atoms with Crippen LogP contribution in [-0.2, 0) is 0 Å². The van der Waals surface area contributed by atoms with E-state index >= 15 is 0 Å². The van der Waals surface area contributed by atoms with Crippen molar-refractivity contribution in [1.82, 2.24) is 10.2 Å². The average molecular weight is 260 g/mol. The molecule has 2 unspecified atom stereocenters. The van der Waals surface area contributed by atoms with Gasteiger partial charge in [0.1, 0.15) is 0 Å². The van der Waals surface area contributed by atoms with E-state index in [2.05, 4.69) is 55.3 Å². The third-order valence-corrected chi connectivity index (χ3v) is 4.50. The van der Waals surface area contributed by atoms with Crippen molar-refractivity contribution in [3.05, 3.63) is 35.4 Å². The maximum absolute atomic E-state index is 3.76. The molecule has 1 aromatic carbocycles. The highest BCUT2D eigenvalue weighted by Gasteiger charge is 2.23. The first-order valence-electron chi connectivity index (χ1n) is 7.80. The van der Waals surface area contributed by atoms with Crippen LogP contribution in [0.3, 0.4) is 0 Å². The molecule has 0 amide bonds. The number of likely N-dealkylation sites (N-methyl/N-ethyl adjacent to an activating group) is 1. The van der Waals surface area contributed by atoms with Gasteiger partial charge in [-0.05, 0) is 43.0 Å². The molecular weight excluding hydrogens is 232 g/mol. The highest BCUT2D eigenvalue weighted by molar-refractivity contribution is 5.34. The molecule has 2 atom stereocenters. The van der Waals surface area contributed by atoms with E-state index in [1.165, 1.54) is 18.4 Å². The number of rotatable bonds is 6. The molecule has 0 radical (unpaired) electrons. The lowest BCUT2D eigenvalue weighted by molar-refractivity contribution is 0.291. The smallest absolute Gasteiger partial charge is 0.0323 e. The number of hydrogen-bond donors (Lipinski definition) is 1.